The van der Waals surface area contributed by atoms with Gasteiger partial charge in [-0.3, -0.25) is 9.20 Å². The number of nitrogens with one attached hydrogen (secondary N) is 1. The van der Waals surface area contributed by atoms with Crippen molar-refractivity contribution >= 4 is 27.6 Å². The van der Waals surface area contributed by atoms with Crippen molar-refractivity contribution in [2.75, 3.05) is 13.1 Å². The molecule has 1 amide bonds. The number of hydrogen-bond acceptors (Lipinski definition) is 5. The predicted octanol–water partition coefficient (Wildman–Crippen LogP) is 2.80. The lowest BCUT2D eigenvalue weighted by atomic mass is 9.76. The number of alkyl halides is 3. The summed E-state index contributed by atoms with van der Waals surface area (Å²) in [5.41, 5.74) is 0.744. The lowest BCUT2D eigenvalue weighted by Crippen LogP contribution is -2.65. The van der Waals surface area contributed by atoms with Crippen LogP contribution in [0.5, 0.6) is 0 Å². The first-order valence-electron chi connectivity index (χ1n) is 10.1. The summed E-state index contributed by atoms with van der Waals surface area (Å²) in [5, 5.41) is 14.4. The monoisotopic (exact) mass is 509 g/mol. The molecule has 1 saturated heterocycles. The fourth-order valence-corrected chi connectivity index (χ4v) is 5.04. The second-order valence-corrected chi connectivity index (χ2v) is 9.10. The Balaban J connectivity index is 1.36. The Morgan fingerprint density at radius 2 is 1.97 bits per heavy atom. The maximum atomic E-state index is 13.1. The van der Waals surface area contributed by atoms with Crippen LogP contribution in [0.2, 0.25) is 0 Å². The van der Waals surface area contributed by atoms with E-state index < -0.39 is 29.4 Å². The number of likely N-dealkylation sites (tertiary alicyclic amines) is 1. The molecule has 1 fully saturated rings. The number of carbonyl (C=O) groups is 1. The molecule has 1 aromatic carbocycles. The number of β-amino-alcohol motifs (C(OH)–C–C–N with tert-alkyl or cyclic N) is 1. The number of carbonyl (C=O) groups excluding carboxylic acids is 1. The Bertz CT molecular complexity index is 1210. The van der Waals surface area contributed by atoms with Crippen molar-refractivity contribution < 1.29 is 23.1 Å². The van der Waals surface area contributed by atoms with E-state index >= 15 is 0 Å². The highest BCUT2D eigenvalue weighted by molar-refractivity contribution is 9.10. The second-order valence-electron chi connectivity index (χ2n) is 8.24. The van der Waals surface area contributed by atoms with Gasteiger partial charge < -0.3 is 15.3 Å². The number of rotatable bonds is 1. The van der Waals surface area contributed by atoms with Gasteiger partial charge in [-0.2, -0.15) is 13.2 Å². The van der Waals surface area contributed by atoms with Crippen LogP contribution in [0, 0.1) is 0 Å². The number of halogens is 4. The Hall–Kier alpha value is -2.50. The molecular formula is C21H19BrF3N5O2. The van der Waals surface area contributed by atoms with Crippen LogP contribution in [0.25, 0.3) is 5.78 Å². The molecule has 0 unspecified atom stereocenters. The summed E-state index contributed by atoms with van der Waals surface area (Å²) < 4.78 is 40.3. The number of nitrogens with zero attached hydrogens (tertiary/aromatic N) is 4. The number of fused-ring (bicyclic) bond motifs is 2. The van der Waals surface area contributed by atoms with Gasteiger partial charge in [0.25, 0.3) is 5.91 Å². The molecule has 0 bridgehead atoms. The zero-order valence-electron chi connectivity index (χ0n) is 16.7. The topological polar surface area (TPSA) is 82.8 Å². The van der Waals surface area contributed by atoms with Gasteiger partial charge in [-0.1, -0.05) is 24.3 Å². The summed E-state index contributed by atoms with van der Waals surface area (Å²) in [5.74, 6) is -0.672. The van der Waals surface area contributed by atoms with Crippen LogP contribution in [-0.4, -0.2) is 55.0 Å². The van der Waals surface area contributed by atoms with Crippen LogP contribution >= 0.6 is 15.9 Å². The lowest BCUT2D eigenvalue weighted by Gasteiger charge is -2.48. The van der Waals surface area contributed by atoms with Gasteiger partial charge in [-0.15, -0.1) is 0 Å². The van der Waals surface area contributed by atoms with E-state index in [0.29, 0.717) is 25.9 Å². The Kier molecular flexibility index (Phi) is 5.02. The largest absolute Gasteiger partial charge is 0.434 e. The van der Waals surface area contributed by atoms with Gasteiger partial charge in [0.1, 0.15) is 5.69 Å². The number of aromatic nitrogens is 3. The van der Waals surface area contributed by atoms with Gasteiger partial charge in [0.2, 0.25) is 5.78 Å². The molecule has 1 spiro atoms. The SMILES string of the molecule is O=C(c1cn2cc(Br)c(C(F)(F)F)nc2n1)N1CC[C@]2(Cc3ccccc3CN2)[C@H](O)C1. The third-order valence-electron chi connectivity index (χ3n) is 6.29. The van der Waals surface area contributed by atoms with Crippen LogP contribution in [0.15, 0.2) is 41.1 Å². The van der Waals surface area contributed by atoms with Crippen LogP contribution in [-0.2, 0) is 19.1 Å². The minimum Gasteiger partial charge on any atom is -0.389 e. The Morgan fingerprint density at radius 1 is 1.22 bits per heavy atom. The third kappa shape index (κ3) is 3.57. The highest BCUT2D eigenvalue weighted by Crippen LogP contribution is 2.34. The first kappa shape index (κ1) is 21.4. The number of hydrogen-bond donors (Lipinski definition) is 2. The lowest BCUT2D eigenvalue weighted by molar-refractivity contribution is -0.141. The van der Waals surface area contributed by atoms with Crippen molar-refractivity contribution in [2.24, 2.45) is 0 Å². The molecule has 3 aromatic rings. The summed E-state index contributed by atoms with van der Waals surface area (Å²) >= 11 is 2.87. The van der Waals surface area contributed by atoms with Gasteiger partial charge in [-0.25, -0.2) is 9.97 Å². The van der Waals surface area contributed by atoms with Gasteiger partial charge >= 0.3 is 6.18 Å². The van der Waals surface area contributed by atoms with E-state index in [1.54, 1.807) is 0 Å². The van der Waals surface area contributed by atoms with Gasteiger partial charge in [0.15, 0.2) is 5.69 Å². The summed E-state index contributed by atoms with van der Waals surface area (Å²) in [6.45, 7) is 1.15. The molecule has 0 radical (unpaired) electrons. The highest BCUT2D eigenvalue weighted by atomic mass is 79.9. The molecule has 168 valence electrons. The number of imidazole rings is 1. The van der Waals surface area contributed by atoms with Gasteiger partial charge in [0.05, 0.1) is 16.1 Å². The quantitative estimate of drug-likeness (QED) is 0.527. The van der Waals surface area contributed by atoms with Gasteiger partial charge in [0, 0.05) is 32.0 Å². The summed E-state index contributed by atoms with van der Waals surface area (Å²) in [4.78, 5) is 22.0. The van der Waals surface area contributed by atoms with Crippen LogP contribution in [0.4, 0.5) is 13.2 Å². The molecule has 2 N–H and O–H groups in total. The van der Waals surface area contributed by atoms with E-state index in [-0.39, 0.29) is 22.5 Å². The van der Waals surface area contributed by atoms with Crippen LogP contribution in [0.1, 0.15) is 33.7 Å². The molecule has 4 heterocycles. The molecule has 0 saturated carbocycles. The zero-order chi connectivity index (χ0) is 22.7. The second kappa shape index (κ2) is 7.53. The predicted molar refractivity (Wildman–Crippen MR) is 112 cm³/mol. The molecular weight excluding hydrogens is 491 g/mol. The molecule has 5 rings (SSSR count). The smallest absolute Gasteiger partial charge is 0.389 e. The van der Waals surface area contributed by atoms with E-state index in [4.69, 9.17) is 0 Å². The van der Waals surface area contributed by atoms with E-state index in [9.17, 15) is 23.1 Å². The van der Waals surface area contributed by atoms with Crippen molar-refractivity contribution in [3.8, 4) is 0 Å². The highest BCUT2D eigenvalue weighted by Gasteiger charge is 2.45. The molecule has 32 heavy (non-hydrogen) atoms. The third-order valence-corrected chi connectivity index (χ3v) is 6.87. The average molecular weight is 510 g/mol. The average Bonchev–Trinajstić information content (AvgIpc) is 3.17. The van der Waals surface area contributed by atoms with E-state index in [1.807, 2.05) is 12.1 Å². The Morgan fingerprint density at radius 3 is 2.69 bits per heavy atom. The summed E-state index contributed by atoms with van der Waals surface area (Å²) in [6.07, 6.45) is -1.70. The van der Waals surface area contributed by atoms with Crippen molar-refractivity contribution in [3.05, 3.63) is 63.6 Å². The maximum absolute atomic E-state index is 13.1. The van der Waals surface area contributed by atoms with E-state index in [1.165, 1.54) is 32.8 Å². The molecule has 2 aromatic heterocycles. The van der Waals surface area contributed by atoms with Crippen molar-refractivity contribution in [1.29, 1.82) is 0 Å². The number of piperidine rings is 1. The minimum atomic E-state index is -4.65. The number of aliphatic hydroxyl groups is 1. The van der Waals surface area contributed by atoms with E-state index in [2.05, 4.69) is 43.3 Å². The molecule has 2 atom stereocenters. The number of benzene rings is 1. The van der Waals surface area contributed by atoms with E-state index in [0.717, 1.165) is 0 Å². The van der Waals surface area contributed by atoms with Crippen LogP contribution < -0.4 is 5.32 Å². The number of amides is 1. The standard InChI is InChI=1S/C21H19BrF3N5O2/c22-14-9-30-10-15(27-19(30)28-17(14)21(23,24)25)18(32)29-6-5-20(16(31)11-29)7-12-3-1-2-4-13(12)8-26-20/h1-4,9-10,16,26,31H,5-8,11H2/t16-,20+/m1/s1. The molecule has 11 heteroatoms. The Labute approximate surface area is 189 Å². The van der Waals surface area contributed by atoms with Crippen molar-refractivity contribution in [1.82, 2.24) is 24.6 Å². The number of aliphatic hydroxyl groups excluding tert-OH is 1. The molecule has 7 nitrogen and oxygen atoms in total. The van der Waals surface area contributed by atoms with Crippen molar-refractivity contribution in [2.45, 2.75) is 37.2 Å². The zero-order valence-corrected chi connectivity index (χ0v) is 18.3. The summed E-state index contributed by atoms with van der Waals surface area (Å²) in [7, 11) is 0. The van der Waals surface area contributed by atoms with Crippen molar-refractivity contribution in [3.63, 3.8) is 0 Å². The normalized spacial score (nSPS) is 23.5. The van der Waals surface area contributed by atoms with Gasteiger partial charge in [-0.05, 0) is 39.9 Å². The summed E-state index contributed by atoms with van der Waals surface area (Å²) in [6, 6.07) is 8.07. The minimum absolute atomic E-state index is 0.0196. The first-order valence-corrected chi connectivity index (χ1v) is 10.9. The maximum Gasteiger partial charge on any atom is 0.434 e. The first-order chi connectivity index (χ1) is 15.2. The molecule has 0 aliphatic carbocycles. The molecule has 2 aliphatic rings. The van der Waals surface area contributed by atoms with Crippen LogP contribution in [0.3, 0.4) is 0 Å². The fraction of sp³-hybridized carbons (Fsp3) is 0.381. The molecule has 2 aliphatic heterocycles. The fourth-order valence-electron chi connectivity index (χ4n) is 4.51.